The Labute approximate surface area is 228 Å². The van der Waals surface area contributed by atoms with E-state index in [4.69, 9.17) is 8.92 Å². The molecule has 214 valence electrons. The summed E-state index contributed by atoms with van der Waals surface area (Å²) in [6.45, 7) is 13.3. The highest BCUT2D eigenvalue weighted by atomic mass is 32.3. The normalized spacial score (nSPS) is 39.5. The van der Waals surface area contributed by atoms with Crippen LogP contribution in [0.2, 0.25) is 0 Å². The van der Waals surface area contributed by atoms with E-state index in [1.807, 2.05) is 13.8 Å². The van der Waals surface area contributed by atoms with Crippen LogP contribution in [0, 0.1) is 39.9 Å². The van der Waals surface area contributed by atoms with Crippen molar-refractivity contribution in [2.24, 2.45) is 39.9 Å². The molecule has 0 aromatic rings. The number of methoxy groups -OCH3 is 1. The van der Waals surface area contributed by atoms with Crippen LogP contribution in [0.3, 0.4) is 0 Å². The van der Waals surface area contributed by atoms with Gasteiger partial charge in [0, 0.05) is 6.42 Å². The fourth-order valence-corrected chi connectivity index (χ4v) is 9.96. The first-order valence-electron chi connectivity index (χ1n) is 14.2. The average Bonchev–Trinajstić information content (AvgIpc) is 3.08. The van der Waals surface area contributed by atoms with Gasteiger partial charge in [0.05, 0.1) is 19.1 Å². The summed E-state index contributed by atoms with van der Waals surface area (Å²) in [6.07, 6.45) is 8.13. The lowest BCUT2D eigenvalue weighted by molar-refractivity contribution is -0.158. The maximum Gasteiger partial charge on any atom is 0.311 e. The van der Waals surface area contributed by atoms with Gasteiger partial charge in [-0.05, 0) is 105 Å². The van der Waals surface area contributed by atoms with E-state index in [2.05, 4.69) is 27.7 Å². The van der Waals surface area contributed by atoms with Crippen LogP contribution in [0.4, 0.5) is 0 Å². The van der Waals surface area contributed by atoms with Crippen molar-refractivity contribution < 1.29 is 31.5 Å². The van der Waals surface area contributed by atoms with Crippen LogP contribution < -0.4 is 0 Å². The number of hydrogen-bond acceptors (Lipinski definition) is 7. The minimum atomic E-state index is -4.94. The lowest BCUT2D eigenvalue weighted by Gasteiger charge is -2.60. The molecule has 0 bridgehead atoms. The number of ketones is 1. The molecule has 0 radical (unpaired) electrons. The van der Waals surface area contributed by atoms with Gasteiger partial charge in [0.15, 0.2) is 5.78 Å². The minimum absolute atomic E-state index is 0.0273. The number of fused-ring (bicyclic) bond motifs is 4. The van der Waals surface area contributed by atoms with Crippen LogP contribution in [0.25, 0.3) is 0 Å². The molecule has 0 spiro atoms. The predicted octanol–water partition coefficient (Wildman–Crippen LogP) is 5.91. The van der Waals surface area contributed by atoms with Crippen molar-refractivity contribution in [3.8, 4) is 0 Å². The molecule has 0 N–H and O–H groups in total. The molecule has 0 aliphatic heterocycles. The molecule has 0 heterocycles. The van der Waals surface area contributed by atoms with E-state index >= 15 is 0 Å². The van der Waals surface area contributed by atoms with E-state index in [0.29, 0.717) is 31.1 Å². The highest BCUT2D eigenvalue weighted by molar-refractivity contribution is 7.80. The molecule has 0 amide bonds. The van der Waals surface area contributed by atoms with Crippen LogP contribution in [0.15, 0.2) is 22.8 Å². The second-order valence-electron chi connectivity index (χ2n) is 13.4. The maximum atomic E-state index is 12.9. The van der Waals surface area contributed by atoms with Gasteiger partial charge in [-0.2, -0.15) is 0 Å². The van der Waals surface area contributed by atoms with Gasteiger partial charge in [-0.1, -0.05) is 44.4 Å². The smallest absolute Gasteiger partial charge is 0.311 e. The first kappa shape index (κ1) is 29.5. The summed E-state index contributed by atoms with van der Waals surface area (Å²) in [6, 6.07) is 0. The van der Waals surface area contributed by atoms with Crippen molar-refractivity contribution in [3.63, 3.8) is 0 Å². The molecule has 7 nitrogen and oxygen atoms in total. The third-order valence-corrected chi connectivity index (χ3v) is 11.8. The van der Waals surface area contributed by atoms with Crippen molar-refractivity contribution in [2.45, 2.75) is 105 Å². The SMILES string of the molecule is COC(=O)[C@@H]1[C@@H](OS(=O)(=O)[O-])CC[C@]2(C)C3=C(CC[C@@H]12)[C@]1(C)CC[C@H]([C@H](C)CC(=O)C=C(C)C)[C@@]1(C)CC3. The van der Waals surface area contributed by atoms with Crippen molar-refractivity contribution in [1.82, 2.24) is 0 Å². The maximum absolute atomic E-state index is 12.9. The topological polar surface area (TPSA) is 110 Å². The number of ether oxygens (including phenoxy) is 1. The first-order valence-corrected chi connectivity index (χ1v) is 15.5. The average molecular weight is 550 g/mol. The van der Waals surface area contributed by atoms with E-state index in [1.165, 1.54) is 18.3 Å². The van der Waals surface area contributed by atoms with Gasteiger partial charge < -0.3 is 9.29 Å². The molecule has 0 unspecified atom stereocenters. The van der Waals surface area contributed by atoms with E-state index in [1.54, 1.807) is 6.08 Å². The van der Waals surface area contributed by atoms with Crippen molar-refractivity contribution in [1.29, 1.82) is 0 Å². The summed E-state index contributed by atoms with van der Waals surface area (Å²) < 4.78 is 44.4. The van der Waals surface area contributed by atoms with Crippen LogP contribution in [-0.4, -0.2) is 37.9 Å². The third-order valence-electron chi connectivity index (χ3n) is 11.3. The number of esters is 1. The summed E-state index contributed by atoms with van der Waals surface area (Å²) in [7, 11) is -3.63. The Hall–Kier alpha value is -1.51. The summed E-state index contributed by atoms with van der Waals surface area (Å²) in [5.74, 6) is -0.428. The Balaban J connectivity index is 1.67. The summed E-state index contributed by atoms with van der Waals surface area (Å²) in [5.41, 5.74) is 3.85. The molecular weight excluding hydrogens is 504 g/mol. The monoisotopic (exact) mass is 549 g/mol. The molecule has 2 fully saturated rings. The molecule has 38 heavy (non-hydrogen) atoms. The van der Waals surface area contributed by atoms with Crippen LogP contribution >= 0.6 is 0 Å². The largest absolute Gasteiger partial charge is 0.726 e. The Kier molecular flexibility index (Phi) is 7.87. The third kappa shape index (κ3) is 4.83. The van der Waals surface area contributed by atoms with E-state index < -0.39 is 28.4 Å². The number of carbonyl (C=O) groups excluding carboxylic acids is 2. The lowest BCUT2D eigenvalue weighted by Crippen LogP contribution is -2.54. The fraction of sp³-hybridized carbons (Fsp3) is 0.800. The molecule has 0 saturated heterocycles. The molecule has 8 heteroatoms. The van der Waals surface area contributed by atoms with Gasteiger partial charge in [-0.3, -0.25) is 13.8 Å². The molecule has 4 aliphatic rings. The van der Waals surface area contributed by atoms with Crippen LogP contribution in [-0.2, 0) is 28.9 Å². The van der Waals surface area contributed by atoms with Crippen molar-refractivity contribution in [3.05, 3.63) is 22.8 Å². The van der Waals surface area contributed by atoms with Gasteiger partial charge in [0.1, 0.15) is 0 Å². The molecule has 8 atom stereocenters. The van der Waals surface area contributed by atoms with E-state index in [9.17, 15) is 22.6 Å². The Bertz CT molecular complexity index is 1150. The quantitative estimate of drug-likeness (QED) is 0.128. The number of carbonyl (C=O) groups is 2. The van der Waals surface area contributed by atoms with Crippen LogP contribution in [0.1, 0.15) is 99.3 Å². The predicted molar refractivity (Wildman–Crippen MR) is 144 cm³/mol. The second kappa shape index (κ2) is 10.2. The Morgan fingerprint density at radius 3 is 2.34 bits per heavy atom. The molecule has 4 aliphatic carbocycles. The summed E-state index contributed by atoms with van der Waals surface area (Å²) in [4.78, 5) is 25.6. The molecule has 0 aromatic carbocycles. The summed E-state index contributed by atoms with van der Waals surface area (Å²) >= 11 is 0. The molecular formula is C30H45O7S-. The van der Waals surface area contributed by atoms with Gasteiger partial charge in [0.2, 0.25) is 10.4 Å². The number of rotatable bonds is 7. The first-order chi connectivity index (χ1) is 17.6. The van der Waals surface area contributed by atoms with E-state index in [0.717, 1.165) is 44.1 Å². The van der Waals surface area contributed by atoms with Gasteiger partial charge >= 0.3 is 5.97 Å². The van der Waals surface area contributed by atoms with Crippen molar-refractivity contribution >= 4 is 22.2 Å². The molecule has 2 saturated carbocycles. The Morgan fingerprint density at radius 2 is 1.74 bits per heavy atom. The van der Waals surface area contributed by atoms with Crippen molar-refractivity contribution in [2.75, 3.05) is 7.11 Å². The zero-order chi connectivity index (χ0) is 28.3. The summed E-state index contributed by atoms with van der Waals surface area (Å²) in [5, 5.41) is 0. The molecule has 4 rings (SSSR count). The molecule has 0 aromatic heterocycles. The zero-order valence-corrected chi connectivity index (χ0v) is 24.9. The van der Waals surface area contributed by atoms with Gasteiger partial charge in [-0.15, -0.1) is 0 Å². The van der Waals surface area contributed by atoms with Gasteiger partial charge in [0.25, 0.3) is 0 Å². The highest BCUT2D eigenvalue weighted by Gasteiger charge is 2.63. The van der Waals surface area contributed by atoms with E-state index in [-0.39, 0.29) is 27.9 Å². The standard InChI is InChI=1S/C30H46O7S/c1-18(2)16-20(31)17-19(3)21-10-14-30(6)23-8-9-24-26(27(32)36-7)25(37-38(33,34)35)12-13-28(24,4)22(23)11-15-29(21,30)5/h16,19,21,24-26H,8-15,17H2,1-7H3,(H,33,34,35)/p-1/t19-,21-,24+,25+,26+,28-,29-,30+/m1/s1. The lowest BCUT2D eigenvalue weighted by atomic mass is 9.45. The number of hydrogen-bond donors (Lipinski definition) is 0. The fourth-order valence-electron chi connectivity index (χ4n) is 9.44. The van der Waals surface area contributed by atoms with Gasteiger partial charge in [-0.25, -0.2) is 8.42 Å². The highest BCUT2D eigenvalue weighted by Crippen LogP contribution is 2.71. The minimum Gasteiger partial charge on any atom is -0.726 e. The second-order valence-corrected chi connectivity index (χ2v) is 14.4. The number of allylic oxidation sites excluding steroid dienone is 4. The zero-order valence-electron chi connectivity index (χ0n) is 24.1. The Morgan fingerprint density at radius 1 is 1.05 bits per heavy atom. The van der Waals surface area contributed by atoms with Crippen LogP contribution in [0.5, 0.6) is 0 Å².